The van der Waals surface area contributed by atoms with E-state index in [0.29, 0.717) is 0 Å². The van der Waals surface area contributed by atoms with Crippen LogP contribution in [0.2, 0.25) is 0 Å². The van der Waals surface area contributed by atoms with E-state index in [-0.39, 0.29) is 17.1 Å². The van der Waals surface area contributed by atoms with E-state index in [1.807, 2.05) is 0 Å². The lowest BCUT2D eigenvalue weighted by atomic mass is 10.2. The van der Waals surface area contributed by atoms with E-state index in [2.05, 4.69) is 5.32 Å². The van der Waals surface area contributed by atoms with Crippen molar-refractivity contribution in [1.29, 1.82) is 0 Å². The zero-order chi connectivity index (χ0) is 15.3. The second-order valence-corrected chi connectivity index (χ2v) is 7.18. The van der Waals surface area contributed by atoms with Gasteiger partial charge >= 0.3 is 12.1 Å². The average Bonchev–Trinajstić information content (AvgIpc) is 2.67. The number of carboxylic acids is 1. The van der Waals surface area contributed by atoms with Crippen molar-refractivity contribution < 1.29 is 24.5 Å². The van der Waals surface area contributed by atoms with Gasteiger partial charge in [-0.05, 0) is 40.0 Å². The van der Waals surface area contributed by atoms with Crippen LogP contribution in [0.5, 0.6) is 0 Å². The zero-order valence-electron chi connectivity index (χ0n) is 12.1. The molecule has 3 N–H and O–H groups in total. The smallest absolute Gasteiger partial charge is 0.408 e. The summed E-state index contributed by atoms with van der Waals surface area (Å²) >= 11 is 1.39. The first kappa shape index (κ1) is 17.1. The number of aliphatic carboxylic acids is 1. The molecule has 0 spiro atoms. The van der Waals surface area contributed by atoms with Crippen LogP contribution < -0.4 is 5.32 Å². The molecular weight excluding hydrogens is 282 g/mol. The number of amides is 1. The highest BCUT2D eigenvalue weighted by Gasteiger charge is 2.29. The SMILES string of the molecule is CC(C)(C)OC(=O)NC(CSC1CCCC1O)C(=O)O. The van der Waals surface area contributed by atoms with E-state index in [4.69, 9.17) is 9.84 Å². The van der Waals surface area contributed by atoms with Crippen LogP contribution in [0, 0.1) is 0 Å². The van der Waals surface area contributed by atoms with Crippen molar-refractivity contribution in [1.82, 2.24) is 5.32 Å². The van der Waals surface area contributed by atoms with E-state index < -0.39 is 23.7 Å². The van der Waals surface area contributed by atoms with Crippen molar-refractivity contribution in [3.63, 3.8) is 0 Å². The molecule has 1 rings (SSSR count). The molecule has 0 bridgehead atoms. The fourth-order valence-corrected chi connectivity index (χ4v) is 3.30. The number of hydrogen-bond donors (Lipinski definition) is 3. The summed E-state index contributed by atoms with van der Waals surface area (Å²) in [5.74, 6) is -0.883. The molecule has 0 heterocycles. The summed E-state index contributed by atoms with van der Waals surface area (Å²) in [6.45, 7) is 5.14. The molecule has 3 unspecified atom stereocenters. The van der Waals surface area contributed by atoms with Crippen molar-refractivity contribution in [3.8, 4) is 0 Å². The molecule has 3 atom stereocenters. The van der Waals surface area contributed by atoms with E-state index >= 15 is 0 Å². The number of carbonyl (C=O) groups is 2. The first-order valence-corrected chi connectivity index (χ1v) is 7.76. The fourth-order valence-electron chi connectivity index (χ4n) is 1.95. The fraction of sp³-hybridized carbons (Fsp3) is 0.846. The van der Waals surface area contributed by atoms with Crippen molar-refractivity contribution in [2.45, 2.75) is 63.0 Å². The average molecular weight is 305 g/mol. The van der Waals surface area contributed by atoms with Crippen molar-refractivity contribution >= 4 is 23.8 Å². The van der Waals surface area contributed by atoms with Crippen LogP contribution in [0.25, 0.3) is 0 Å². The second-order valence-electron chi connectivity index (χ2n) is 5.91. The molecule has 0 aromatic rings. The summed E-state index contributed by atoms with van der Waals surface area (Å²) in [5, 5.41) is 21.2. The molecule has 0 aromatic carbocycles. The van der Waals surface area contributed by atoms with E-state index in [1.54, 1.807) is 20.8 Å². The summed E-state index contributed by atoms with van der Waals surface area (Å²) in [6.07, 6.45) is 1.48. The van der Waals surface area contributed by atoms with Crippen LogP contribution in [0.4, 0.5) is 4.79 Å². The second kappa shape index (κ2) is 7.17. The normalized spacial score (nSPS) is 24.2. The predicted octanol–water partition coefficient (Wildman–Crippen LogP) is 1.61. The number of rotatable bonds is 5. The Hall–Kier alpha value is -0.950. The molecule has 1 fully saturated rings. The molecule has 1 saturated carbocycles. The van der Waals surface area contributed by atoms with Gasteiger partial charge in [0, 0.05) is 11.0 Å². The highest BCUT2D eigenvalue weighted by Crippen LogP contribution is 2.30. The molecule has 0 saturated heterocycles. The Morgan fingerprint density at radius 1 is 1.40 bits per heavy atom. The number of ether oxygens (including phenoxy) is 1. The molecule has 116 valence electrons. The third kappa shape index (κ3) is 6.00. The third-order valence-corrected chi connectivity index (χ3v) is 4.39. The minimum atomic E-state index is -1.10. The van der Waals surface area contributed by atoms with Crippen LogP contribution in [-0.4, -0.2) is 51.0 Å². The number of hydrogen-bond acceptors (Lipinski definition) is 5. The number of aliphatic hydroxyl groups excluding tert-OH is 1. The summed E-state index contributed by atoms with van der Waals surface area (Å²) in [5.41, 5.74) is -0.665. The Morgan fingerprint density at radius 3 is 2.50 bits per heavy atom. The van der Waals surface area contributed by atoms with Crippen molar-refractivity contribution in [3.05, 3.63) is 0 Å². The Kier molecular flexibility index (Phi) is 6.13. The lowest BCUT2D eigenvalue weighted by molar-refractivity contribution is -0.138. The quantitative estimate of drug-likeness (QED) is 0.714. The number of aliphatic hydroxyl groups is 1. The summed E-state index contributed by atoms with van der Waals surface area (Å²) in [7, 11) is 0. The number of nitrogens with one attached hydrogen (secondary N) is 1. The monoisotopic (exact) mass is 305 g/mol. The largest absolute Gasteiger partial charge is 0.480 e. The maximum absolute atomic E-state index is 11.6. The number of alkyl carbamates (subject to hydrolysis) is 1. The molecule has 1 aliphatic rings. The summed E-state index contributed by atoms with van der Waals surface area (Å²) in [6, 6.07) is -1.01. The van der Waals surface area contributed by atoms with E-state index in [0.717, 1.165) is 19.3 Å². The molecule has 0 aromatic heterocycles. The van der Waals surface area contributed by atoms with Gasteiger partial charge in [-0.1, -0.05) is 0 Å². The van der Waals surface area contributed by atoms with Gasteiger partial charge in [0.2, 0.25) is 0 Å². The van der Waals surface area contributed by atoms with Gasteiger partial charge in [-0.2, -0.15) is 11.8 Å². The summed E-state index contributed by atoms with van der Waals surface area (Å²) in [4.78, 5) is 22.7. The molecule has 1 amide bonds. The Morgan fingerprint density at radius 2 is 2.05 bits per heavy atom. The first-order chi connectivity index (χ1) is 9.19. The first-order valence-electron chi connectivity index (χ1n) is 6.71. The third-order valence-electron chi connectivity index (χ3n) is 2.88. The highest BCUT2D eigenvalue weighted by molar-refractivity contribution is 8.00. The highest BCUT2D eigenvalue weighted by atomic mass is 32.2. The van der Waals surface area contributed by atoms with Gasteiger partial charge in [0.25, 0.3) is 0 Å². The summed E-state index contributed by atoms with van der Waals surface area (Å²) < 4.78 is 5.04. The minimum absolute atomic E-state index is 0.0530. The Labute approximate surface area is 123 Å². The van der Waals surface area contributed by atoms with Crippen LogP contribution in [0.1, 0.15) is 40.0 Å². The van der Waals surface area contributed by atoms with Crippen LogP contribution in [0.15, 0.2) is 0 Å². The molecule has 0 aliphatic heterocycles. The zero-order valence-corrected chi connectivity index (χ0v) is 12.9. The van der Waals surface area contributed by atoms with Gasteiger partial charge < -0.3 is 20.3 Å². The lowest BCUT2D eigenvalue weighted by Gasteiger charge is -2.22. The molecule has 1 aliphatic carbocycles. The van der Waals surface area contributed by atoms with E-state index in [1.165, 1.54) is 11.8 Å². The minimum Gasteiger partial charge on any atom is -0.480 e. The van der Waals surface area contributed by atoms with Crippen molar-refractivity contribution in [2.75, 3.05) is 5.75 Å². The number of carbonyl (C=O) groups excluding carboxylic acids is 1. The van der Waals surface area contributed by atoms with Gasteiger partial charge in [0.1, 0.15) is 11.6 Å². The predicted molar refractivity (Wildman–Crippen MR) is 76.9 cm³/mol. The van der Waals surface area contributed by atoms with Gasteiger partial charge in [-0.15, -0.1) is 0 Å². The molecule has 0 radical (unpaired) electrons. The molecule has 6 nitrogen and oxygen atoms in total. The van der Waals surface area contributed by atoms with Crippen LogP contribution in [-0.2, 0) is 9.53 Å². The topological polar surface area (TPSA) is 95.9 Å². The molecular formula is C13H23NO5S. The molecule has 20 heavy (non-hydrogen) atoms. The van der Waals surface area contributed by atoms with Gasteiger partial charge in [0.15, 0.2) is 0 Å². The number of thioether (sulfide) groups is 1. The molecule has 7 heteroatoms. The van der Waals surface area contributed by atoms with E-state index in [9.17, 15) is 14.7 Å². The Bertz CT molecular complexity index is 355. The van der Waals surface area contributed by atoms with Gasteiger partial charge in [-0.3, -0.25) is 0 Å². The van der Waals surface area contributed by atoms with Crippen LogP contribution in [0.3, 0.4) is 0 Å². The van der Waals surface area contributed by atoms with Gasteiger partial charge in [-0.25, -0.2) is 9.59 Å². The maximum atomic E-state index is 11.6. The van der Waals surface area contributed by atoms with Gasteiger partial charge in [0.05, 0.1) is 6.10 Å². The van der Waals surface area contributed by atoms with Crippen molar-refractivity contribution in [2.24, 2.45) is 0 Å². The standard InChI is InChI=1S/C13H23NO5S/c1-13(2,3)19-12(18)14-8(11(16)17)7-20-10-6-4-5-9(10)15/h8-10,15H,4-7H2,1-3H3,(H,14,18)(H,16,17). The lowest BCUT2D eigenvalue weighted by Crippen LogP contribution is -2.45. The van der Waals surface area contributed by atoms with Crippen LogP contribution >= 0.6 is 11.8 Å². The number of carboxylic acid groups (broad SMARTS) is 1. The maximum Gasteiger partial charge on any atom is 0.408 e. The Balaban J connectivity index is 2.44.